The smallest absolute Gasteiger partial charge is 0.336 e. The zero-order chi connectivity index (χ0) is 17.0. The Balaban J connectivity index is 2.46. The Morgan fingerprint density at radius 1 is 1.26 bits per heavy atom. The summed E-state index contributed by atoms with van der Waals surface area (Å²) in [6.45, 7) is 5.95. The van der Waals surface area contributed by atoms with Gasteiger partial charge >= 0.3 is 5.63 Å². The third-order valence-corrected chi connectivity index (χ3v) is 3.63. The Hall–Kier alpha value is -1.85. The monoisotopic (exact) mass is 320 g/mol. The molecule has 23 heavy (non-hydrogen) atoms. The summed E-state index contributed by atoms with van der Waals surface area (Å²) >= 11 is 0. The van der Waals surface area contributed by atoms with Crippen molar-refractivity contribution in [3.05, 3.63) is 40.2 Å². The molecule has 5 nitrogen and oxygen atoms in total. The molecule has 1 atom stereocenters. The number of methoxy groups -OCH3 is 1. The van der Waals surface area contributed by atoms with Gasteiger partial charge in [-0.15, -0.1) is 0 Å². The first kappa shape index (κ1) is 17.5. The first-order valence-electron chi connectivity index (χ1n) is 7.77. The van der Waals surface area contributed by atoms with Gasteiger partial charge in [0.1, 0.15) is 11.3 Å². The maximum absolute atomic E-state index is 11.6. The van der Waals surface area contributed by atoms with E-state index in [-0.39, 0.29) is 6.10 Å². The van der Waals surface area contributed by atoms with E-state index < -0.39 is 11.2 Å². The molecule has 0 aliphatic rings. The summed E-state index contributed by atoms with van der Waals surface area (Å²) in [7, 11) is 1.58. The second-order valence-corrected chi connectivity index (χ2v) is 6.22. The number of benzene rings is 1. The number of hydrogen-bond acceptors (Lipinski definition) is 5. The Kier molecular flexibility index (Phi) is 5.44. The van der Waals surface area contributed by atoms with Gasteiger partial charge in [-0.3, -0.25) is 0 Å². The molecule has 1 aromatic heterocycles. The van der Waals surface area contributed by atoms with E-state index in [4.69, 9.17) is 13.9 Å². The molecule has 0 aliphatic carbocycles. The van der Waals surface area contributed by atoms with Gasteiger partial charge in [0.2, 0.25) is 0 Å². The summed E-state index contributed by atoms with van der Waals surface area (Å²) in [5.41, 5.74) is 0.0449. The van der Waals surface area contributed by atoms with Crippen LogP contribution in [0.15, 0.2) is 33.5 Å². The molecule has 0 aliphatic heterocycles. The molecule has 5 heteroatoms. The lowest BCUT2D eigenvalue weighted by molar-refractivity contribution is -0.0161. The highest BCUT2D eigenvalue weighted by Crippen LogP contribution is 2.30. The van der Waals surface area contributed by atoms with Crippen molar-refractivity contribution in [2.75, 3.05) is 13.7 Å². The summed E-state index contributed by atoms with van der Waals surface area (Å²) in [5.74, 6) is 0.646. The fourth-order valence-corrected chi connectivity index (χ4v) is 2.77. The standard InChI is InChI=1S/C18H24O5/c1-5-22-13(11-18(2,3)20)10-14-15(21-4)8-6-12-7-9-16(19)23-17(12)14/h6-9,13,20H,5,10-11H2,1-4H3/t13-/m1/s1. The number of fused-ring (bicyclic) bond motifs is 1. The average molecular weight is 320 g/mol. The van der Waals surface area contributed by atoms with E-state index in [1.807, 2.05) is 19.1 Å². The molecule has 126 valence electrons. The minimum atomic E-state index is -0.849. The van der Waals surface area contributed by atoms with Gasteiger partial charge in [0.05, 0.1) is 18.8 Å². The Morgan fingerprint density at radius 3 is 2.57 bits per heavy atom. The van der Waals surface area contributed by atoms with Gasteiger partial charge < -0.3 is 19.0 Å². The van der Waals surface area contributed by atoms with Crippen molar-refractivity contribution < 1.29 is 19.0 Å². The normalized spacial score (nSPS) is 13.3. The van der Waals surface area contributed by atoms with Crippen molar-refractivity contribution in [1.29, 1.82) is 0 Å². The van der Waals surface area contributed by atoms with Gasteiger partial charge in [-0.05, 0) is 39.0 Å². The van der Waals surface area contributed by atoms with E-state index in [1.54, 1.807) is 27.0 Å². The number of hydrogen-bond donors (Lipinski definition) is 1. The van der Waals surface area contributed by atoms with Gasteiger partial charge in [-0.25, -0.2) is 4.79 Å². The average Bonchev–Trinajstić information content (AvgIpc) is 2.46. The Morgan fingerprint density at radius 2 is 1.96 bits per heavy atom. The second kappa shape index (κ2) is 7.15. The van der Waals surface area contributed by atoms with E-state index in [9.17, 15) is 9.90 Å². The highest BCUT2D eigenvalue weighted by atomic mass is 16.5. The van der Waals surface area contributed by atoms with E-state index in [0.29, 0.717) is 30.8 Å². The van der Waals surface area contributed by atoms with Gasteiger partial charge in [0, 0.05) is 36.5 Å². The van der Waals surface area contributed by atoms with Crippen LogP contribution in [0.2, 0.25) is 0 Å². The highest BCUT2D eigenvalue weighted by molar-refractivity contribution is 5.82. The van der Waals surface area contributed by atoms with Crippen LogP contribution in [0, 0.1) is 0 Å². The van der Waals surface area contributed by atoms with Crippen LogP contribution in [0.4, 0.5) is 0 Å². The first-order valence-corrected chi connectivity index (χ1v) is 7.77. The van der Waals surface area contributed by atoms with E-state index >= 15 is 0 Å². The summed E-state index contributed by atoms with van der Waals surface area (Å²) in [6.07, 6.45) is 0.757. The van der Waals surface area contributed by atoms with E-state index in [1.165, 1.54) is 6.07 Å². The maximum atomic E-state index is 11.6. The van der Waals surface area contributed by atoms with Crippen molar-refractivity contribution in [2.24, 2.45) is 0 Å². The van der Waals surface area contributed by atoms with Gasteiger partial charge in [-0.1, -0.05) is 0 Å². The highest BCUT2D eigenvalue weighted by Gasteiger charge is 2.24. The minimum Gasteiger partial charge on any atom is -0.496 e. The topological polar surface area (TPSA) is 68.9 Å². The molecule has 2 aromatic rings. The van der Waals surface area contributed by atoms with E-state index in [0.717, 1.165) is 10.9 Å². The lowest BCUT2D eigenvalue weighted by Crippen LogP contribution is -2.29. The molecule has 0 saturated carbocycles. The van der Waals surface area contributed by atoms with Gasteiger partial charge in [0.25, 0.3) is 0 Å². The molecule has 0 radical (unpaired) electrons. The van der Waals surface area contributed by atoms with Gasteiger partial charge in [0.15, 0.2) is 0 Å². The van der Waals surface area contributed by atoms with Crippen LogP contribution in [0.25, 0.3) is 11.0 Å². The third kappa shape index (κ3) is 4.56. The second-order valence-electron chi connectivity index (χ2n) is 6.22. The number of rotatable bonds is 7. The predicted molar refractivity (Wildman–Crippen MR) is 89.1 cm³/mol. The number of ether oxygens (including phenoxy) is 2. The Labute approximate surface area is 135 Å². The van der Waals surface area contributed by atoms with Crippen molar-refractivity contribution in [2.45, 2.75) is 45.3 Å². The molecule has 0 unspecified atom stereocenters. The van der Waals surface area contributed by atoms with Crippen LogP contribution in [0.5, 0.6) is 5.75 Å². The summed E-state index contributed by atoms with van der Waals surface area (Å²) < 4.78 is 16.6. The van der Waals surface area contributed by atoms with Crippen molar-refractivity contribution in [3.63, 3.8) is 0 Å². The molecule has 1 heterocycles. The lowest BCUT2D eigenvalue weighted by atomic mass is 9.95. The maximum Gasteiger partial charge on any atom is 0.336 e. The van der Waals surface area contributed by atoms with Crippen LogP contribution >= 0.6 is 0 Å². The quantitative estimate of drug-likeness (QED) is 0.794. The first-order chi connectivity index (χ1) is 10.8. The fraction of sp³-hybridized carbons (Fsp3) is 0.500. The van der Waals surface area contributed by atoms with E-state index in [2.05, 4.69) is 0 Å². The van der Waals surface area contributed by atoms with Crippen LogP contribution in [0.1, 0.15) is 32.8 Å². The molecule has 0 amide bonds. The minimum absolute atomic E-state index is 0.204. The molecular weight excluding hydrogens is 296 g/mol. The summed E-state index contributed by atoms with van der Waals surface area (Å²) in [5, 5.41) is 10.9. The summed E-state index contributed by atoms with van der Waals surface area (Å²) in [6, 6.07) is 6.84. The summed E-state index contributed by atoms with van der Waals surface area (Å²) in [4.78, 5) is 11.6. The Bertz CT molecular complexity index is 711. The van der Waals surface area contributed by atoms with Crippen molar-refractivity contribution in [1.82, 2.24) is 0 Å². The molecule has 0 bridgehead atoms. The predicted octanol–water partition coefficient (Wildman–Crippen LogP) is 2.91. The fourth-order valence-electron chi connectivity index (χ4n) is 2.77. The van der Waals surface area contributed by atoms with Gasteiger partial charge in [-0.2, -0.15) is 0 Å². The SMILES string of the molecule is CCO[C@H](Cc1c(OC)ccc2ccc(=O)oc12)CC(C)(C)O. The molecular formula is C18H24O5. The zero-order valence-corrected chi connectivity index (χ0v) is 14.1. The van der Waals surface area contributed by atoms with Crippen LogP contribution in [-0.4, -0.2) is 30.5 Å². The molecule has 0 spiro atoms. The number of aliphatic hydroxyl groups is 1. The van der Waals surface area contributed by atoms with Crippen LogP contribution < -0.4 is 10.4 Å². The molecule has 2 rings (SSSR count). The third-order valence-electron chi connectivity index (χ3n) is 3.63. The molecule has 0 fully saturated rings. The molecule has 0 saturated heterocycles. The molecule has 1 aromatic carbocycles. The molecule has 1 N–H and O–H groups in total. The van der Waals surface area contributed by atoms with Crippen molar-refractivity contribution >= 4 is 11.0 Å². The lowest BCUT2D eigenvalue weighted by Gasteiger charge is -2.25. The van der Waals surface area contributed by atoms with Crippen LogP contribution in [-0.2, 0) is 11.2 Å². The van der Waals surface area contributed by atoms with Crippen molar-refractivity contribution in [3.8, 4) is 5.75 Å². The zero-order valence-electron chi connectivity index (χ0n) is 14.1. The largest absolute Gasteiger partial charge is 0.496 e. The van der Waals surface area contributed by atoms with Crippen LogP contribution in [0.3, 0.4) is 0 Å².